The molecule has 2 unspecified atom stereocenters. The van der Waals surface area contributed by atoms with Crippen molar-refractivity contribution < 1.29 is 24.5 Å². The summed E-state index contributed by atoms with van der Waals surface area (Å²) in [6.07, 6.45) is 1.40. The molecule has 0 fully saturated rings. The third-order valence-corrected chi connectivity index (χ3v) is 5.93. The number of ether oxygens (including phenoxy) is 1. The molecule has 188 valence electrons. The van der Waals surface area contributed by atoms with Gasteiger partial charge in [-0.25, -0.2) is 4.98 Å². The van der Waals surface area contributed by atoms with E-state index in [0.717, 1.165) is 6.42 Å². The highest BCUT2D eigenvalue weighted by molar-refractivity contribution is 5.80. The molecular weight excluding hydrogens is 436 g/mol. The van der Waals surface area contributed by atoms with Gasteiger partial charge in [0, 0.05) is 24.9 Å². The van der Waals surface area contributed by atoms with Gasteiger partial charge in [-0.1, -0.05) is 52.3 Å². The van der Waals surface area contributed by atoms with E-state index in [9.17, 15) is 19.8 Å². The fourth-order valence-corrected chi connectivity index (χ4v) is 3.64. The highest BCUT2D eigenvalue weighted by Crippen LogP contribution is 2.21. The molecule has 5 atom stereocenters. The first-order chi connectivity index (χ1) is 16.2. The van der Waals surface area contributed by atoms with Crippen LogP contribution in [-0.4, -0.2) is 63.4 Å². The first-order valence-electron chi connectivity index (χ1n) is 11.8. The molecule has 34 heavy (non-hydrogen) atoms. The van der Waals surface area contributed by atoms with E-state index in [0.29, 0.717) is 23.9 Å². The number of nitrogens with one attached hydrogen (secondary N) is 3. The Kier molecular flexibility index (Phi) is 11.0. The quantitative estimate of drug-likeness (QED) is 0.283. The standard InChI is InChI=1S/C25H38N4O5/c1-5-17(4)12-27-25(33)22(16(2)3)24(32)23(31)20(11-18-13-26-15-28-18)29-21(30)14-34-19-9-7-6-8-10-19/h6-10,13,15-17,20,22-24,31-32H,5,11-12,14H2,1-4H3,(H,26,28)(H,27,33)(H,29,30)/t17-,20-,22-,23?,24?/m0/s1. The number of hydrogen-bond donors (Lipinski definition) is 5. The van der Waals surface area contributed by atoms with Crippen molar-refractivity contribution in [2.24, 2.45) is 17.8 Å². The molecule has 2 rings (SSSR count). The van der Waals surface area contributed by atoms with Crippen LogP contribution >= 0.6 is 0 Å². The molecule has 5 N–H and O–H groups in total. The Morgan fingerprint density at radius 2 is 1.82 bits per heavy atom. The van der Waals surface area contributed by atoms with Gasteiger partial charge in [0.2, 0.25) is 5.91 Å². The zero-order valence-corrected chi connectivity index (χ0v) is 20.4. The van der Waals surface area contributed by atoms with E-state index in [4.69, 9.17) is 4.74 Å². The lowest BCUT2D eigenvalue weighted by Gasteiger charge is -2.33. The summed E-state index contributed by atoms with van der Waals surface area (Å²) in [5.41, 5.74) is 0.669. The summed E-state index contributed by atoms with van der Waals surface area (Å²) in [6, 6.07) is 8.04. The Balaban J connectivity index is 2.10. The van der Waals surface area contributed by atoms with Crippen molar-refractivity contribution in [3.63, 3.8) is 0 Å². The van der Waals surface area contributed by atoms with Gasteiger partial charge in [0.25, 0.3) is 5.91 Å². The second-order valence-electron chi connectivity index (χ2n) is 9.07. The van der Waals surface area contributed by atoms with Gasteiger partial charge < -0.3 is 30.6 Å². The number of benzene rings is 1. The number of carbonyl (C=O) groups excluding carboxylic acids is 2. The summed E-state index contributed by atoms with van der Waals surface area (Å²) >= 11 is 0. The molecule has 0 aliphatic carbocycles. The molecule has 9 heteroatoms. The van der Waals surface area contributed by atoms with Gasteiger partial charge in [-0.2, -0.15) is 0 Å². The molecule has 1 heterocycles. The summed E-state index contributed by atoms with van der Waals surface area (Å²) in [5.74, 6) is -1.01. The lowest BCUT2D eigenvalue weighted by molar-refractivity contribution is -0.136. The summed E-state index contributed by atoms with van der Waals surface area (Å²) in [4.78, 5) is 32.4. The fraction of sp³-hybridized carbons (Fsp3) is 0.560. The number of aliphatic hydroxyl groups is 2. The maximum Gasteiger partial charge on any atom is 0.258 e. The zero-order chi connectivity index (χ0) is 25.1. The highest BCUT2D eigenvalue weighted by atomic mass is 16.5. The first-order valence-corrected chi connectivity index (χ1v) is 11.8. The van der Waals surface area contributed by atoms with Crippen LogP contribution in [0.2, 0.25) is 0 Å². The maximum atomic E-state index is 12.9. The van der Waals surface area contributed by atoms with Crippen LogP contribution in [0.3, 0.4) is 0 Å². The molecule has 0 spiro atoms. The number of H-pyrrole nitrogens is 1. The minimum Gasteiger partial charge on any atom is -0.484 e. The maximum absolute atomic E-state index is 12.9. The minimum absolute atomic E-state index is 0.189. The first kappa shape index (κ1) is 27.3. The zero-order valence-electron chi connectivity index (χ0n) is 20.4. The molecule has 1 aromatic carbocycles. The molecule has 2 aromatic rings. The smallest absolute Gasteiger partial charge is 0.258 e. The number of hydrogen-bond acceptors (Lipinski definition) is 6. The molecular formula is C25H38N4O5. The van der Waals surface area contributed by atoms with Crippen molar-refractivity contribution >= 4 is 11.8 Å². The number of para-hydroxylation sites is 1. The number of amides is 2. The van der Waals surface area contributed by atoms with Gasteiger partial charge in [-0.15, -0.1) is 0 Å². The van der Waals surface area contributed by atoms with E-state index in [-0.39, 0.29) is 24.9 Å². The van der Waals surface area contributed by atoms with Crippen molar-refractivity contribution in [1.29, 1.82) is 0 Å². The number of imidazole rings is 1. The number of nitrogens with zero attached hydrogens (tertiary/aromatic N) is 1. The molecule has 0 saturated carbocycles. The number of aromatic nitrogens is 2. The van der Waals surface area contributed by atoms with Gasteiger partial charge in [0.15, 0.2) is 6.61 Å². The van der Waals surface area contributed by atoms with Crippen LogP contribution in [-0.2, 0) is 16.0 Å². The SMILES string of the molecule is CC[C@H](C)CNC(=O)[C@@H](C(C)C)C(O)C(O)[C@H](Cc1cnc[nH]1)NC(=O)COc1ccccc1. The Morgan fingerprint density at radius 1 is 1.12 bits per heavy atom. The van der Waals surface area contributed by atoms with Crippen LogP contribution in [0.1, 0.15) is 39.8 Å². The topological polar surface area (TPSA) is 137 Å². The van der Waals surface area contributed by atoms with Gasteiger partial charge in [0.1, 0.15) is 11.9 Å². The van der Waals surface area contributed by atoms with Crippen LogP contribution in [0.4, 0.5) is 0 Å². The third kappa shape index (κ3) is 8.46. The van der Waals surface area contributed by atoms with Crippen molar-refractivity contribution in [2.45, 2.75) is 58.8 Å². The lowest BCUT2D eigenvalue weighted by Crippen LogP contribution is -2.55. The minimum atomic E-state index is -1.40. The summed E-state index contributed by atoms with van der Waals surface area (Å²) in [5, 5.41) is 27.7. The number of aliphatic hydroxyl groups excluding tert-OH is 2. The van der Waals surface area contributed by atoms with E-state index in [2.05, 4.69) is 20.6 Å². The monoisotopic (exact) mass is 474 g/mol. The molecule has 0 saturated heterocycles. The fourth-order valence-electron chi connectivity index (χ4n) is 3.64. The number of carbonyl (C=O) groups is 2. The summed E-state index contributed by atoms with van der Waals surface area (Å²) in [6.45, 7) is 7.95. The third-order valence-electron chi connectivity index (χ3n) is 5.93. The van der Waals surface area contributed by atoms with Crippen molar-refractivity contribution in [1.82, 2.24) is 20.6 Å². The predicted octanol–water partition coefficient (Wildman–Crippen LogP) is 1.67. The van der Waals surface area contributed by atoms with E-state index in [1.54, 1.807) is 30.5 Å². The second-order valence-corrected chi connectivity index (χ2v) is 9.07. The average molecular weight is 475 g/mol. The average Bonchev–Trinajstić information content (AvgIpc) is 3.34. The van der Waals surface area contributed by atoms with E-state index < -0.39 is 30.1 Å². The van der Waals surface area contributed by atoms with E-state index in [1.165, 1.54) is 6.33 Å². The van der Waals surface area contributed by atoms with Crippen LogP contribution in [0.15, 0.2) is 42.9 Å². The Bertz CT molecular complexity index is 859. The molecule has 0 bridgehead atoms. The largest absolute Gasteiger partial charge is 0.484 e. The van der Waals surface area contributed by atoms with Crippen molar-refractivity contribution in [3.8, 4) is 5.75 Å². The van der Waals surface area contributed by atoms with E-state index in [1.807, 2.05) is 33.8 Å². The van der Waals surface area contributed by atoms with Crippen LogP contribution in [0.5, 0.6) is 5.75 Å². The molecule has 0 radical (unpaired) electrons. The van der Waals surface area contributed by atoms with Crippen LogP contribution in [0.25, 0.3) is 0 Å². The molecule has 9 nitrogen and oxygen atoms in total. The molecule has 2 amide bonds. The van der Waals surface area contributed by atoms with Gasteiger partial charge >= 0.3 is 0 Å². The van der Waals surface area contributed by atoms with Crippen LogP contribution in [0, 0.1) is 17.8 Å². The Hall–Kier alpha value is -2.91. The van der Waals surface area contributed by atoms with Gasteiger partial charge in [-0.3, -0.25) is 9.59 Å². The Labute approximate surface area is 201 Å². The predicted molar refractivity (Wildman–Crippen MR) is 129 cm³/mol. The number of rotatable bonds is 14. The second kappa shape index (κ2) is 13.7. The summed E-state index contributed by atoms with van der Waals surface area (Å²) < 4.78 is 5.49. The Morgan fingerprint density at radius 3 is 2.41 bits per heavy atom. The highest BCUT2D eigenvalue weighted by Gasteiger charge is 2.38. The van der Waals surface area contributed by atoms with Crippen molar-refractivity contribution in [3.05, 3.63) is 48.5 Å². The summed E-state index contributed by atoms with van der Waals surface area (Å²) in [7, 11) is 0. The van der Waals surface area contributed by atoms with Gasteiger partial charge in [0.05, 0.1) is 24.4 Å². The molecule has 0 aliphatic rings. The van der Waals surface area contributed by atoms with Crippen molar-refractivity contribution in [2.75, 3.05) is 13.2 Å². The number of aromatic amines is 1. The van der Waals surface area contributed by atoms with E-state index >= 15 is 0 Å². The van der Waals surface area contributed by atoms with Gasteiger partial charge in [-0.05, 0) is 24.0 Å². The molecule has 1 aromatic heterocycles. The lowest BCUT2D eigenvalue weighted by atomic mass is 9.83. The molecule has 0 aliphatic heterocycles. The normalized spacial score (nSPS) is 15.7. The van der Waals surface area contributed by atoms with Crippen LogP contribution < -0.4 is 15.4 Å².